The van der Waals surface area contributed by atoms with Crippen molar-refractivity contribution in [1.29, 1.82) is 0 Å². The number of aliphatic hydroxyl groups excluding tert-OH is 1. The van der Waals surface area contributed by atoms with Crippen LogP contribution in [0.5, 0.6) is 5.75 Å². The second-order valence-corrected chi connectivity index (χ2v) is 8.25. The first kappa shape index (κ1) is 19.9. The van der Waals surface area contributed by atoms with Gasteiger partial charge in [0.15, 0.2) is 0 Å². The van der Waals surface area contributed by atoms with Crippen molar-refractivity contribution >= 4 is 21.4 Å². The van der Waals surface area contributed by atoms with Crippen molar-refractivity contribution in [2.45, 2.75) is 24.8 Å². The number of ether oxygens (including phenoxy) is 2. The number of benzene rings is 1. The van der Waals surface area contributed by atoms with Gasteiger partial charge < -0.3 is 14.6 Å². The molecule has 0 amide bonds. The molecule has 2 N–H and O–H groups in total. The minimum atomic E-state index is -3.77. The van der Waals surface area contributed by atoms with Gasteiger partial charge in [0, 0.05) is 11.4 Å². The van der Waals surface area contributed by atoms with Crippen molar-refractivity contribution in [2.75, 3.05) is 26.9 Å². The predicted molar refractivity (Wildman–Crippen MR) is 97.8 cm³/mol. The fraction of sp³-hybridized carbons (Fsp3) is 0.412. The quantitative estimate of drug-likeness (QED) is 0.692. The van der Waals surface area contributed by atoms with Gasteiger partial charge in [-0.25, -0.2) is 13.1 Å². The Labute approximate surface area is 152 Å². The summed E-state index contributed by atoms with van der Waals surface area (Å²) in [4.78, 5) is 0.994. The highest BCUT2D eigenvalue weighted by Crippen LogP contribution is 2.28. The Morgan fingerprint density at radius 1 is 1.28 bits per heavy atom. The topological polar surface area (TPSA) is 84.9 Å². The highest BCUT2D eigenvalue weighted by atomic mass is 32.2. The van der Waals surface area contributed by atoms with E-state index in [4.69, 9.17) is 14.6 Å². The Morgan fingerprint density at radius 2 is 2.00 bits per heavy atom. The lowest BCUT2D eigenvalue weighted by Gasteiger charge is -2.18. The number of sulfonamides is 1. The van der Waals surface area contributed by atoms with Crippen LogP contribution in [0, 0.1) is 13.8 Å². The molecular weight excluding hydrogens is 362 g/mol. The van der Waals surface area contributed by atoms with Gasteiger partial charge in [-0.05, 0) is 48.6 Å². The fourth-order valence-corrected chi connectivity index (χ4v) is 4.35. The first-order chi connectivity index (χ1) is 11.9. The lowest BCUT2D eigenvalue weighted by atomic mass is 10.1. The van der Waals surface area contributed by atoms with Gasteiger partial charge in [-0.2, -0.15) is 0 Å². The minimum Gasteiger partial charge on any atom is -0.495 e. The molecule has 8 heteroatoms. The van der Waals surface area contributed by atoms with E-state index in [0.717, 1.165) is 16.0 Å². The Kier molecular flexibility index (Phi) is 6.97. The molecule has 6 nitrogen and oxygen atoms in total. The first-order valence-electron chi connectivity index (χ1n) is 7.79. The Bertz CT molecular complexity index is 788. The first-order valence-corrected chi connectivity index (χ1v) is 10.2. The van der Waals surface area contributed by atoms with E-state index in [1.165, 1.54) is 18.4 Å². The Morgan fingerprint density at radius 3 is 2.60 bits per heavy atom. The molecule has 2 rings (SSSR count). The molecule has 0 radical (unpaired) electrons. The van der Waals surface area contributed by atoms with Gasteiger partial charge in [0.25, 0.3) is 0 Å². The molecule has 0 unspecified atom stereocenters. The standard InChI is InChI=1S/C17H23NO5S2/c1-12-9-14(22-3)17(10-13(12)2)25(20,21)18-11-15(23-7-6-19)16-5-4-8-24-16/h4-5,8-10,15,18-19H,6-7,11H2,1-3H3/t15-/m1/s1. The second-order valence-electron chi connectivity index (χ2n) is 5.54. The van der Waals surface area contributed by atoms with Crippen molar-refractivity contribution in [3.05, 3.63) is 45.6 Å². The van der Waals surface area contributed by atoms with E-state index in [2.05, 4.69) is 4.72 Å². The number of aliphatic hydroxyl groups is 1. The summed E-state index contributed by atoms with van der Waals surface area (Å²) < 4.78 is 38.8. The summed E-state index contributed by atoms with van der Waals surface area (Å²) in [5, 5.41) is 10.9. The summed E-state index contributed by atoms with van der Waals surface area (Å²) in [5.41, 5.74) is 1.83. The molecule has 0 aliphatic heterocycles. The third-order valence-electron chi connectivity index (χ3n) is 3.80. The molecule has 0 aliphatic carbocycles. The van der Waals surface area contributed by atoms with Crippen LogP contribution in [-0.4, -0.2) is 40.4 Å². The highest BCUT2D eigenvalue weighted by Gasteiger charge is 2.23. The number of thiophene rings is 1. The molecule has 0 saturated heterocycles. The normalized spacial score (nSPS) is 13.0. The molecule has 0 aliphatic rings. The van der Waals surface area contributed by atoms with Gasteiger partial charge in [0.05, 0.1) is 20.3 Å². The van der Waals surface area contributed by atoms with Crippen LogP contribution in [0.25, 0.3) is 0 Å². The van der Waals surface area contributed by atoms with E-state index < -0.39 is 16.1 Å². The van der Waals surface area contributed by atoms with Crippen LogP contribution >= 0.6 is 11.3 Å². The third-order valence-corrected chi connectivity index (χ3v) is 6.21. The third kappa shape index (κ3) is 5.02. The van der Waals surface area contributed by atoms with E-state index in [1.807, 2.05) is 31.4 Å². The summed E-state index contributed by atoms with van der Waals surface area (Å²) in [6.45, 7) is 3.83. The fourth-order valence-electron chi connectivity index (χ4n) is 2.31. The molecule has 0 spiro atoms. The highest BCUT2D eigenvalue weighted by molar-refractivity contribution is 7.89. The number of methoxy groups -OCH3 is 1. The molecule has 2 aromatic rings. The maximum absolute atomic E-state index is 12.7. The van der Waals surface area contributed by atoms with Crippen LogP contribution in [0.3, 0.4) is 0 Å². The van der Waals surface area contributed by atoms with Gasteiger partial charge in [-0.3, -0.25) is 0 Å². The number of hydrogen-bond donors (Lipinski definition) is 2. The zero-order chi connectivity index (χ0) is 18.4. The Balaban J connectivity index is 2.21. The number of aryl methyl sites for hydroxylation is 2. The number of rotatable bonds is 9. The van der Waals surface area contributed by atoms with E-state index in [-0.39, 0.29) is 24.7 Å². The van der Waals surface area contributed by atoms with Gasteiger partial charge >= 0.3 is 0 Å². The van der Waals surface area contributed by atoms with Crippen LogP contribution in [0.1, 0.15) is 22.1 Å². The molecule has 1 aromatic heterocycles. The molecule has 1 heterocycles. The lowest BCUT2D eigenvalue weighted by Crippen LogP contribution is -2.30. The largest absolute Gasteiger partial charge is 0.495 e. The molecule has 1 atom stereocenters. The molecule has 138 valence electrons. The zero-order valence-electron chi connectivity index (χ0n) is 14.5. The molecule has 0 fully saturated rings. The second kappa shape index (κ2) is 8.77. The molecule has 0 bridgehead atoms. The summed E-state index contributed by atoms with van der Waals surface area (Å²) in [6, 6.07) is 7.06. The van der Waals surface area contributed by atoms with Gasteiger partial charge in [-0.15, -0.1) is 11.3 Å². The monoisotopic (exact) mass is 385 g/mol. The smallest absolute Gasteiger partial charge is 0.244 e. The summed E-state index contributed by atoms with van der Waals surface area (Å²) >= 11 is 1.47. The van der Waals surface area contributed by atoms with Crippen molar-refractivity contribution < 1.29 is 23.0 Å². The predicted octanol–water partition coefficient (Wildman–Crippen LogP) is 2.40. The van der Waals surface area contributed by atoms with Gasteiger partial charge in [0.1, 0.15) is 16.7 Å². The number of hydrogen-bond acceptors (Lipinski definition) is 6. The number of nitrogens with one attached hydrogen (secondary N) is 1. The molecule has 1 aromatic carbocycles. The zero-order valence-corrected chi connectivity index (χ0v) is 16.1. The van der Waals surface area contributed by atoms with Crippen molar-refractivity contribution in [3.8, 4) is 5.75 Å². The van der Waals surface area contributed by atoms with Crippen molar-refractivity contribution in [1.82, 2.24) is 4.72 Å². The summed E-state index contributed by atoms with van der Waals surface area (Å²) in [6.07, 6.45) is -0.459. The van der Waals surface area contributed by atoms with Crippen LogP contribution in [0.15, 0.2) is 34.5 Å². The maximum atomic E-state index is 12.7. The van der Waals surface area contributed by atoms with E-state index in [1.54, 1.807) is 12.1 Å². The average Bonchev–Trinajstić information content (AvgIpc) is 3.11. The summed E-state index contributed by atoms with van der Waals surface area (Å²) in [7, 11) is -2.32. The maximum Gasteiger partial charge on any atom is 0.244 e. The van der Waals surface area contributed by atoms with Crippen LogP contribution in [0.4, 0.5) is 0 Å². The van der Waals surface area contributed by atoms with Crippen LogP contribution < -0.4 is 9.46 Å². The molecule has 0 saturated carbocycles. The minimum absolute atomic E-state index is 0.0684. The molecular formula is C17H23NO5S2. The van der Waals surface area contributed by atoms with Crippen LogP contribution in [0.2, 0.25) is 0 Å². The van der Waals surface area contributed by atoms with Crippen molar-refractivity contribution in [3.63, 3.8) is 0 Å². The van der Waals surface area contributed by atoms with E-state index in [0.29, 0.717) is 5.75 Å². The van der Waals surface area contributed by atoms with Crippen molar-refractivity contribution in [2.24, 2.45) is 0 Å². The summed E-state index contributed by atoms with van der Waals surface area (Å²) in [5.74, 6) is 0.305. The lowest BCUT2D eigenvalue weighted by molar-refractivity contribution is 0.0328. The SMILES string of the molecule is COc1cc(C)c(C)cc1S(=O)(=O)NC[C@@H](OCCO)c1cccs1. The van der Waals surface area contributed by atoms with E-state index in [9.17, 15) is 8.42 Å². The molecule has 25 heavy (non-hydrogen) atoms. The Hall–Kier alpha value is -1.45. The van der Waals surface area contributed by atoms with Gasteiger partial charge in [-0.1, -0.05) is 6.07 Å². The van der Waals surface area contributed by atoms with Crippen LogP contribution in [-0.2, 0) is 14.8 Å². The van der Waals surface area contributed by atoms with Gasteiger partial charge in [0.2, 0.25) is 10.0 Å². The van der Waals surface area contributed by atoms with E-state index >= 15 is 0 Å². The average molecular weight is 386 g/mol.